The zero-order valence-corrected chi connectivity index (χ0v) is 10.4. The van der Waals surface area contributed by atoms with Gasteiger partial charge in [-0.3, -0.25) is 11.3 Å². The van der Waals surface area contributed by atoms with E-state index in [0.717, 1.165) is 10.7 Å². The Morgan fingerprint density at radius 1 is 1.67 bits per heavy atom. The molecule has 1 unspecified atom stereocenters. The lowest BCUT2D eigenvalue weighted by atomic mass is 10.2. The zero-order valence-electron chi connectivity index (χ0n) is 8.73. The van der Waals surface area contributed by atoms with E-state index in [1.54, 1.807) is 0 Å². The largest absolute Gasteiger partial charge is 0.271 e. The van der Waals surface area contributed by atoms with Crippen molar-refractivity contribution < 1.29 is 8.42 Å². The monoisotopic (exact) mass is 249 g/mol. The van der Waals surface area contributed by atoms with E-state index < -0.39 is 9.84 Å². The molecule has 0 aromatic carbocycles. The third kappa shape index (κ3) is 4.70. The van der Waals surface area contributed by atoms with Crippen LogP contribution in [0.2, 0.25) is 0 Å². The summed E-state index contributed by atoms with van der Waals surface area (Å²) >= 11 is 1.52. The standard InChI is InChI=1S/C8H15N3O2S2/c1-6-4-14-8(10-6)3-7(11-9)5-15(2,12)13/h4,7,11H,3,5,9H2,1-2H3. The van der Waals surface area contributed by atoms with E-state index in [-0.39, 0.29) is 11.8 Å². The molecule has 3 N–H and O–H groups in total. The van der Waals surface area contributed by atoms with E-state index in [1.165, 1.54) is 17.6 Å². The Kier molecular flexibility index (Phi) is 4.21. The molecule has 15 heavy (non-hydrogen) atoms. The summed E-state index contributed by atoms with van der Waals surface area (Å²) in [6.07, 6.45) is 1.74. The van der Waals surface area contributed by atoms with Crippen LogP contribution in [0.3, 0.4) is 0 Å². The molecule has 86 valence electrons. The summed E-state index contributed by atoms with van der Waals surface area (Å²) in [6, 6.07) is -0.273. The average Bonchev–Trinajstić information content (AvgIpc) is 2.47. The molecular formula is C8H15N3O2S2. The maximum Gasteiger partial charge on any atom is 0.149 e. The van der Waals surface area contributed by atoms with Gasteiger partial charge in [-0.1, -0.05) is 0 Å². The van der Waals surface area contributed by atoms with Gasteiger partial charge in [0.05, 0.1) is 10.8 Å². The Morgan fingerprint density at radius 2 is 2.33 bits per heavy atom. The van der Waals surface area contributed by atoms with Crippen molar-refractivity contribution in [1.29, 1.82) is 0 Å². The normalized spacial score (nSPS) is 14.1. The van der Waals surface area contributed by atoms with Crippen molar-refractivity contribution in [2.24, 2.45) is 5.84 Å². The molecule has 1 aromatic rings. The van der Waals surface area contributed by atoms with Gasteiger partial charge in [-0.2, -0.15) is 0 Å². The summed E-state index contributed by atoms with van der Waals surface area (Å²) in [5.41, 5.74) is 3.45. The molecule has 1 atom stereocenters. The number of hydrazine groups is 1. The number of sulfone groups is 1. The first-order chi connectivity index (χ1) is 6.90. The molecule has 0 bridgehead atoms. The lowest BCUT2D eigenvalue weighted by Crippen LogP contribution is -2.41. The number of nitrogens with two attached hydrogens (primary N) is 1. The number of aromatic nitrogens is 1. The minimum Gasteiger partial charge on any atom is -0.271 e. The topological polar surface area (TPSA) is 85.1 Å². The van der Waals surface area contributed by atoms with Crippen molar-refractivity contribution >= 4 is 21.2 Å². The quantitative estimate of drug-likeness (QED) is 0.561. The molecule has 0 amide bonds. The minimum absolute atomic E-state index is 0.0299. The smallest absolute Gasteiger partial charge is 0.149 e. The molecule has 1 rings (SSSR count). The molecule has 1 heterocycles. The van der Waals surface area contributed by atoms with Gasteiger partial charge in [0.2, 0.25) is 0 Å². The molecule has 0 saturated carbocycles. The van der Waals surface area contributed by atoms with Gasteiger partial charge in [-0.05, 0) is 6.92 Å². The first kappa shape index (κ1) is 12.6. The lowest BCUT2D eigenvalue weighted by molar-refractivity contribution is 0.545. The van der Waals surface area contributed by atoms with Crippen LogP contribution in [-0.2, 0) is 16.3 Å². The van der Waals surface area contributed by atoms with Crippen molar-refractivity contribution in [2.45, 2.75) is 19.4 Å². The lowest BCUT2D eigenvalue weighted by Gasteiger charge is -2.12. The second kappa shape index (κ2) is 5.02. The van der Waals surface area contributed by atoms with Crippen LogP contribution in [-0.4, -0.2) is 31.5 Å². The maximum atomic E-state index is 11.1. The molecule has 1 aromatic heterocycles. The van der Waals surface area contributed by atoms with Crippen molar-refractivity contribution in [3.63, 3.8) is 0 Å². The van der Waals surface area contributed by atoms with Crippen LogP contribution in [0.15, 0.2) is 5.38 Å². The van der Waals surface area contributed by atoms with E-state index in [2.05, 4.69) is 10.4 Å². The van der Waals surface area contributed by atoms with E-state index in [9.17, 15) is 8.42 Å². The fourth-order valence-electron chi connectivity index (χ4n) is 1.24. The predicted octanol–water partition coefficient (Wildman–Crippen LogP) is -0.129. The average molecular weight is 249 g/mol. The predicted molar refractivity (Wildman–Crippen MR) is 61.4 cm³/mol. The van der Waals surface area contributed by atoms with Gasteiger partial charge in [0.25, 0.3) is 0 Å². The van der Waals surface area contributed by atoms with Crippen molar-refractivity contribution in [2.75, 3.05) is 12.0 Å². The highest BCUT2D eigenvalue weighted by Gasteiger charge is 2.15. The van der Waals surface area contributed by atoms with Crippen molar-refractivity contribution in [3.05, 3.63) is 16.1 Å². The van der Waals surface area contributed by atoms with E-state index in [1.807, 2.05) is 12.3 Å². The molecule has 7 heteroatoms. The molecule has 0 saturated heterocycles. The third-order valence-corrected chi connectivity index (χ3v) is 3.82. The van der Waals surface area contributed by atoms with Crippen LogP contribution in [0, 0.1) is 6.92 Å². The maximum absolute atomic E-state index is 11.1. The van der Waals surface area contributed by atoms with Crippen LogP contribution in [0.1, 0.15) is 10.7 Å². The Morgan fingerprint density at radius 3 is 2.73 bits per heavy atom. The second-order valence-electron chi connectivity index (χ2n) is 3.54. The van der Waals surface area contributed by atoms with Crippen LogP contribution in [0.25, 0.3) is 0 Å². The highest BCUT2D eigenvalue weighted by molar-refractivity contribution is 7.90. The van der Waals surface area contributed by atoms with Gasteiger partial charge in [-0.25, -0.2) is 13.4 Å². The summed E-state index contributed by atoms with van der Waals surface area (Å²) in [5.74, 6) is 5.33. The summed E-state index contributed by atoms with van der Waals surface area (Å²) in [7, 11) is -3.01. The number of nitrogens with zero attached hydrogens (tertiary/aromatic N) is 1. The van der Waals surface area contributed by atoms with Crippen LogP contribution >= 0.6 is 11.3 Å². The van der Waals surface area contributed by atoms with E-state index >= 15 is 0 Å². The molecule has 0 aliphatic carbocycles. The second-order valence-corrected chi connectivity index (χ2v) is 6.67. The fraction of sp³-hybridized carbons (Fsp3) is 0.625. The Hall–Kier alpha value is -0.500. The molecule has 0 fully saturated rings. The number of rotatable bonds is 5. The van der Waals surface area contributed by atoms with Crippen molar-refractivity contribution in [3.8, 4) is 0 Å². The first-order valence-electron chi connectivity index (χ1n) is 4.45. The van der Waals surface area contributed by atoms with Gasteiger partial charge in [0.1, 0.15) is 9.84 Å². The fourth-order valence-corrected chi connectivity index (χ4v) is 3.04. The van der Waals surface area contributed by atoms with Gasteiger partial charge in [0.15, 0.2) is 0 Å². The molecule has 0 aliphatic heterocycles. The summed E-state index contributed by atoms with van der Waals surface area (Å²) < 4.78 is 22.2. The summed E-state index contributed by atoms with van der Waals surface area (Å²) in [6.45, 7) is 1.90. The SMILES string of the molecule is Cc1csc(CC(CS(C)(=O)=O)NN)n1. The molecule has 0 spiro atoms. The number of hydrogen-bond donors (Lipinski definition) is 2. The zero-order chi connectivity index (χ0) is 11.5. The molecule has 0 aliphatic rings. The van der Waals surface area contributed by atoms with Crippen LogP contribution in [0.5, 0.6) is 0 Å². The van der Waals surface area contributed by atoms with E-state index in [0.29, 0.717) is 6.42 Å². The number of aryl methyl sites for hydroxylation is 1. The Balaban J connectivity index is 2.62. The first-order valence-corrected chi connectivity index (χ1v) is 7.39. The highest BCUT2D eigenvalue weighted by Crippen LogP contribution is 2.11. The molecule has 0 radical (unpaired) electrons. The van der Waals surface area contributed by atoms with Gasteiger partial charge >= 0.3 is 0 Å². The Labute approximate surface area is 93.6 Å². The highest BCUT2D eigenvalue weighted by atomic mass is 32.2. The van der Waals surface area contributed by atoms with Crippen LogP contribution < -0.4 is 11.3 Å². The van der Waals surface area contributed by atoms with Gasteiger partial charge < -0.3 is 0 Å². The summed E-state index contributed by atoms with van der Waals surface area (Å²) in [5, 5.41) is 2.84. The minimum atomic E-state index is -3.01. The van der Waals surface area contributed by atoms with E-state index in [4.69, 9.17) is 5.84 Å². The van der Waals surface area contributed by atoms with Crippen LogP contribution in [0.4, 0.5) is 0 Å². The number of thiazole rings is 1. The van der Waals surface area contributed by atoms with Crippen molar-refractivity contribution in [1.82, 2.24) is 10.4 Å². The number of hydrogen-bond acceptors (Lipinski definition) is 6. The van der Waals surface area contributed by atoms with Gasteiger partial charge in [-0.15, -0.1) is 11.3 Å². The summed E-state index contributed by atoms with van der Waals surface area (Å²) in [4.78, 5) is 4.26. The van der Waals surface area contributed by atoms with Gasteiger partial charge in [0, 0.05) is 29.8 Å². The third-order valence-electron chi connectivity index (χ3n) is 1.83. The molecule has 5 nitrogen and oxygen atoms in total. The Bertz CT molecular complexity index is 413. The number of nitrogens with one attached hydrogen (secondary N) is 1. The molecular weight excluding hydrogens is 234 g/mol.